The molecule has 1 aliphatic carbocycles. The summed E-state index contributed by atoms with van der Waals surface area (Å²) in [4.78, 5) is 5.14. The zero-order valence-corrected chi connectivity index (χ0v) is 12.7. The highest BCUT2D eigenvalue weighted by Crippen LogP contribution is 2.38. The van der Waals surface area contributed by atoms with E-state index in [4.69, 9.17) is 0 Å². The van der Waals surface area contributed by atoms with Gasteiger partial charge in [-0.3, -0.25) is 4.90 Å². The lowest BCUT2D eigenvalue weighted by atomic mass is 9.99. The molecule has 0 amide bonds. The zero-order valence-electron chi connectivity index (χ0n) is 12.7. The Hall–Kier alpha value is -1.06. The van der Waals surface area contributed by atoms with Gasteiger partial charge in [0.2, 0.25) is 0 Å². The van der Waals surface area contributed by atoms with E-state index in [-0.39, 0.29) is 0 Å². The van der Waals surface area contributed by atoms with Gasteiger partial charge < -0.3 is 10.0 Å². The third-order valence-corrected chi connectivity index (χ3v) is 5.24. The lowest BCUT2D eigenvalue weighted by Crippen LogP contribution is -2.44. The number of piperidine rings is 1. The van der Waals surface area contributed by atoms with E-state index in [9.17, 15) is 5.11 Å². The highest BCUT2D eigenvalue weighted by atomic mass is 16.3. The van der Waals surface area contributed by atoms with Crippen molar-refractivity contribution >= 4 is 0 Å². The third kappa shape index (κ3) is 2.57. The lowest BCUT2D eigenvalue weighted by molar-refractivity contribution is 0.0984. The van der Waals surface area contributed by atoms with Crippen LogP contribution >= 0.6 is 0 Å². The van der Waals surface area contributed by atoms with Crippen LogP contribution in [-0.4, -0.2) is 47.6 Å². The number of rotatable bonds is 3. The SMILES string of the molecule is CCN1CCC(N(C)C2CCc3cc(O)ccc32)CC1. The molecule has 3 rings (SSSR count). The molecule has 0 spiro atoms. The van der Waals surface area contributed by atoms with E-state index >= 15 is 0 Å². The first-order chi connectivity index (χ1) is 9.69. The smallest absolute Gasteiger partial charge is 0.115 e. The van der Waals surface area contributed by atoms with Gasteiger partial charge in [-0.25, -0.2) is 0 Å². The highest BCUT2D eigenvalue weighted by molar-refractivity contribution is 5.40. The molecule has 1 N–H and O–H groups in total. The molecule has 1 fully saturated rings. The predicted molar refractivity (Wildman–Crippen MR) is 82.1 cm³/mol. The summed E-state index contributed by atoms with van der Waals surface area (Å²) >= 11 is 0. The Morgan fingerprint density at radius 2 is 2.00 bits per heavy atom. The minimum Gasteiger partial charge on any atom is -0.508 e. The number of aromatic hydroxyl groups is 1. The van der Waals surface area contributed by atoms with Crippen molar-refractivity contribution in [2.24, 2.45) is 0 Å². The average molecular weight is 274 g/mol. The Kier molecular flexibility index (Phi) is 3.99. The van der Waals surface area contributed by atoms with Crippen LogP contribution in [-0.2, 0) is 6.42 Å². The van der Waals surface area contributed by atoms with Gasteiger partial charge in [-0.05, 0) is 75.6 Å². The van der Waals surface area contributed by atoms with Crippen LogP contribution in [0.4, 0.5) is 0 Å². The van der Waals surface area contributed by atoms with Crippen molar-refractivity contribution in [2.45, 2.75) is 44.7 Å². The first-order valence-corrected chi connectivity index (χ1v) is 7.95. The largest absolute Gasteiger partial charge is 0.508 e. The van der Waals surface area contributed by atoms with Crippen LogP contribution in [0.25, 0.3) is 0 Å². The number of phenolic OH excluding ortho intramolecular Hbond substituents is 1. The van der Waals surface area contributed by atoms with Crippen molar-refractivity contribution in [2.75, 3.05) is 26.7 Å². The van der Waals surface area contributed by atoms with Gasteiger partial charge in [-0.15, -0.1) is 0 Å². The van der Waals surface area contributed by atoms with E-state index in [1.165, 1.54) is 50.0 Å². The second-order valence-corrected chi connectivity index (χ2v) is 6.27. The predicted octanol–water partition coefficient (Wildman–Crippen LogP) is 2.80. The Balaban J connectivity index is 1.69. The molecule has 2 aliphatic rings. The maximum atomic E-state index is 9.61. The normalized spacial score (nSPS) is 24.2. The molecule has 3 heteroatoms. The summed E-state index contributed by atoms with van der Waals surface area (Å²) in [6.45, 7) is 5.91. The molecular weight excluding hydrogens is 248 g/mol. The van der Waals surface area contributed by atoms with Gasteiger partial charge in [0.05, 0.1) is 0 Å². The molecule has 0 bridgehead atoms. The first-order valence-electron chi connectivity index (χ1n) is 7.95. The van der Waals surface area contributed by atoms with Gasteiger partial charge in [0, 0.05) is 12.1 Å². The Bertz CT molecular complexity index is 466. The van der Waals surface area contributed by atoms with Gasteiger partial charge in [-0.1, -0.05) is 13.0 Å². The minimum atomic E-state index is 0.406. The van der Waals surface area contributed by atoms with Crippen LogP contribution in [0, 0.1) is 0 Å². The van der Waals surface area contributed by atoms with E-state index in [1.54, 1.807) is 0 Å². The highest BCUT2D eigenvalue weighted by Gasteiger charge is 2.31. The molecule has 1 atom stereocenters. The number of hydrogen-bond acceptors (Lipinski definition) is 3. The van der Waals surface area contributed by atoms with Crippen molar-refractivity contribution in [1.29, 1.82) is 0 Å². The van der Waals surface area contributed by atoms with Crippen LogP contribution in [0.1, 0.15) is 43.4 Å². The van der Waals surface area contributed by atoms with Gasteiger partial charge >= 0.3 is 0 Å². The van der Waals surface area contributed by atoms with Crippen molar-refractivity contribution in [3.8, 4) is 5.75 Å². The molecule has 0 radical (unpaired) electrons. The molecule has 3 nitrogen and oxygen atoms in total. The maximum absolute atomic E-state index is 9.61. The number of benzene rings is 1. The Morgan fingerprint density at radius 3 is 2.70 bits per heavy atom. The molecule has 1 aliphatic heterocycles. The number of likely N-dealkylation sites (tertiary alicyclic amines) is 1. The molecule has 1 aromatic carbocycles. The van der Waals surface area contributed by atoms with Crippen LogP contribution in [0.15, 0.2) is 18.2 Å². The van der Waals surface area contributed by atoms with Crippen LogP contribution < -0.4 is 0 Å². The molecule has 0 aromatic heterocycles. The summed E-state index contributed by atoms with van der Waals surface area (Å²) in [5.41, 5.74) is 2.77. The second-order valence-electron chi connectivity index (χ2n) is 6.27. The molecule has 0 saturated carbocycles. The van der Waals surface area contributed by atoms with Crippen molar-refractivity contribution in [3.05, 3.63) is 29.3 Å². The van der Waals surface area contributed by atoms with Crippen molar-refractivity contribution < 1.29 is 5.11 Å². The molecular formula is C17H26N2O. The topological polar surface area (TPSA) is 26.7 Å². The van der Waals surface area contributed by atoms with Crippen LogP contribution in [0.2, 0.25) is 0 Å². The Morgan fingerprint density at radius 1 is 1.25 bits per heavy atom. The van der Waals surface area contributed by atoms with Crippen molar-refractivity contribution in [1.82, 2.24) is 9.80 Å². The van der Waals surface area contributed by atoms with Crippen molar-refractivity contribution in [3.63, 3.8) is 0 Å². The van der Waals surface area contributed by atoms with E-state index in [0.29, 0.717) is 17.8 Å². The number of hydrogen-bond donors (Lipinski definition) is 1. The fourth-order valence-electron chi connectivity index (χ4n) is 3.90. The van der Waals surface area contributed by atoms with E-state index in [1.807, 2.05) is 12.1 Å². The van der Waals surface area contributed by atoms with Crippen LogP contribution in [0.5, 0.6) is 5.75 Å². The minimum absolute atomic E-state index is 0.406. The lowest BCUT2D eigenvalue weighted by Gasteiger charge is -2.39. The van der Waals surface area contributed by atoms with E-state index in [0.717, 1.165) is 6.42 Å². The second kappa shape index (κ2) is 5.74. The number of fused-ring (bicyclic) bond motifs is 1. The zero-order chi connectivity index (χ0) is 14.1. The quantitative estimate of drug-likeness (QED) is 0.918. The molecule has 110 valence electrons. The monoisotopic (exact) mass is 274 g/mol. The fraction of sp³-hybridized carbons (Fsp3) is 0.647. The average Bonchev–Trinajstić information content (AvgIpc) is 2.89. The van der Waals surface area contributed by atoms with Gasteiger partial charge in [0.25, 0.3) is 0 Å². The third-order valence-electron chi connectivity index (χ3n) is 5.24. The van der Waals surface area contributed by atoms with Gasteiger partial charge in [-0.2, -0.15) is 0 Å². The summed E-state index contributed by atoms with van der Waals surface area (Å²) in [5, 5.41) is 9.61. The maximum Gasteiger partial charge on any atom is 0.115 e. The number of nitrogens with zero attached hydrogens (tertiary/aromatic N) is 2. The standard InChI is InChI=1S/C17H26N2O/c1-3-19-10-8-14(9-11-19)18(2)17-7-4-13-12-15(20)5-6-16(13)17/h5-6,12,14,17,20H,3-4,7-11H2,1-2H3. The summed E-state index contributed by atoms with van der Waals surface area (Å²) in [5.74, 6) is 0.406. The summed E-state index contributed by atoms with van der Waals surface area (Å²) in [6, 6.07) is 7.17. The summed E-state index contributed by atoms with van der Waals surface area (Å²) in [6.07, 6.45) is 4.87. The molecule has 20 heavy (non-hydrogen) atoms. The summed E-state index contributed by atoms with van der Waals surface area (Å²) < 4.78 is 0. The molecule has 1 heterocycles. The van der Waals surface area contributed by atoms with Gasteiger partial charge in [0.1, 0.15) is 5.75 Å². The number of aryl methyl sites for hydroxylation is 1. The first kappa shape index (κ1) is 13.9. The van der Waals surface area contributed by atoms with E-state index in [2.05, 4.69) is 29.8 Å². The van der Waals surface area contributed by atoms with E-state index < -0.39 is 0 Å². The molecule has 1 saturated heterocycles. The van der Waals surface area contributed by atoms with Gasteiger partial charge in [0.15, 0.2) is 0 Å². The van der Waals surface area contributed by atoms with Crippen LogP contribution in [0.3, 0.4) is 0 Å². The summed E-state index contributed by atoms with van der Waals surface area (Å²) in [7, 11) is 2.29. The number of phenols is 1. The molecule has 1 aromatic rings. The Labute approximate surface area is 122 Å². The fourth-order valence-corrected chi connectivity index (χ4v) is 3.90. The molecule has 1 unspecified atom stereocenters.